The highest BCUT2D eigenvalue weighted by Gasteiger charge is 2.42. The first-order valence-corrected chi connectivity index (χ1v) is 8.70. The van der Waals surface area contributed by atoms with Gasteiger partial charge in [-0.25, -0.2) is 0 Å². The van der Waals surface area contributed by atoms with Crippen LogP contribution in [0.4, 0.5) is 0 Å². The van der Waals surface area contributed by atoms with Gasteiger partial charge in [-0.1, -0.05) is 19.8 Å². The largest absolute Gasteiger partial charge is 0.354 e. The fourth-order valence-corrected chi connectivity index (χ4v) is 4.07. The Morgan fingerprint density at radius 1 is 1.41 bits per heavy atom. The molecule has 1 amide bonds. The molecule has 22 heavy (non-hydrogen) atoms. The first-order valence-electron chi connectivity index (χ1n) is 8.70. The van der Waals surface area contributed by atoms with Gasteiger partial charge in [0.2, 0.25) is 5.91 Å². The number of nitrogens with zero attached hydrogens (tertiary/aromatic N) is 2. The monoisotopic (exact) mass is 304 g/mol. The van der Waals surface area contributed by atoms with Crippen molar-refractivity contribution in [2.24, 2.45) is 11.8 Å². The summed E-state index contributed by atoms with van der Waals surface area (Å²) in [7, 11) is 0. The van der Waals surface area contributed by atoms with Crippen LogP contribution < -0.4 is 10.6 Å². The first kappa shape index (κ1) is 15.5. The highest BCUT2D eigenvalue weighted by atomic mass is 16.2. The third kappa shape index (κ3) is 3.19. The maximum absolute atomic E-state index is 12.9. The molecule has 2 aliphatic rings. The lowest BCUT2D eigenvalue weighted by Gasteiger charge is -2.37. The summed E-state index contributed by atoms with van der Waals surface area (Å²) in [6.45, 7) is 4.88. The van der Waals surface area contributed by atoms with Crippen LogP contribution in [-0.2, 0) is 10.3 Å². The van der Waals surface area contributed by atoms with E-state index in [0.717, 1.165) is 38.4 Å². The molecule has 1 aliphatic heterocycles. The Morgan fingerprint density at radius 3 is 2.91 bits per heavy atom. The SMILES string of the molecule is CC1CCCC(CNC(=O)C2(n3cccn3)CCNCC2)C1. The maximum Gasteiger partial charge on any atom is 0.248 e. The number of nitrogens with one attached hydrogen (secondary N) is 2. The number of amides is 1. The molecule has 5 nitrogen and oxygen atoms in total. The molecule has 5 heteroatoms. The van der Waals surface area contributed by atoms with E-state index < -0.39 is 5.54 Å². The molecular formula is C17H28N4O. The number of carbonyl (C=O) groups is 1. The highest BCUT2D eigenvalue weighted by Crippen LogP contribution is 2.30. The molecule has 1 saturated carbocycles. The quantitative estimate of drug-likeness (QED) is 0.893. The molecule has 0 bridgehead atoms. The molecule has 2 fully saturated rings. The van der Waals surface area contributed by atoms with E-state index in [1.807, 2.05) is 16.9 Å². The van der Waals surface area contributed by atoms with Crippen LogP contribution in [-0.4, -0.2) is 35.3 Å². The molecular weight excluding hydrogens is 276 g/mol. The first-order chi connectivity index (χ1) is 10.7. The molecule has 2 unspecified atom stereocenters. The molecule has 1 saturated heterocycles. The van der Waals surface area contributed by atoms with Gasteiger partial charge in [-0.3, -0.25) is 9.48 Å². The minimum atomic E-state index is -0.505. The van der Waals surface area contributed by atoms with Gasteiger partial charge in [-0.15, -0.1) is 0 Å². The Bertz CT molecular complexity index is 479. The van der Waals surface area contributed by atoms with Crippen LogP contribution in [0.5, 0.6) is 0 Å². The average molecular weight is 304 g/mol. The fraction of sp³-hybridized carbons (Fsp3) is 0.765. The number of hydrogen-bond donors (Lipinski definition) is 2. The second-order valence-corrected chi connectivity index (χ2v) is 7.08. The van der Waals surface area contributed by atoms with Crippen molar-refractivity contribution < 1.29 is 4.79 Å². The molecule has 0 spiro atoms. The van der Waals surface area contributed by atoms with Crippen LogP contribution in [0.3, 0.4) is 0 Å². The van der Waals surface area contributed by atoms with Crippen molar-refractivity contribution in [1.82, 2.24) is 20.4 Å². The molecule has 1 aromatic rings. The Hall–Kier alpha value is -1.36. The van der Waals surface area contributed by atoms with E-state index in [4.69, 9.17) is 0 Å². The van der Waals surface area contributed by atoms with Gasteiger partial charge in [0, 0.05) is 18.9 Å². The third-order valence-electron chi connectivity index (χ3n) is 5.39. The molecule has 2 N–H and O–H groups in total. The number of piperidine rings is 1. The van der Waals surface area contributed by atoms with Crippen molar-refractivity contribution in [2.75, 3.05) is 19.6 Å². The normalized spacial score (nSPS) is 28.2. The molecule has 3 rings (SSSR count). The van der Waals surface area contributed by atoms with Crippen LogP contribution in [0, 0.1) is 11.8 Å². The van der Waals surface area contributed by atoms with Crippen molar-refractivity contribution in [1.29, 1.82) is 0 Å². The predicted octanol–water partition coefficient (Wildman–Crippen LogP) is 1.90. The second kappa shape index (κ2) is 6.82. The summed E-state index contributed by atoms with van der Waals surface area (Å²) in [5.74, 6) is 1.59. The lowest BCUT2D eigenvalue weighted by molar-refractivity contribution is -0.132. The summed E-state index contributed by atoms with van der Waals surface area (Å²) >= 11 is 0. The van der Waals surface area contributed by atoms with Crippen molar-refractivity contribution in [3.05, 3.63) is 18.5 Å². The zero-order valence-electron chi connectivity index (χ0n) is 13.6. The second-order valence-electron chi connectivity index (χ2n) is 7.08. The summed E-state index contributed by atoms with van der Waals surface area (Å²) in [5, 5.41) is 11.0. The molecule has 0 aromatic carbocycles. The van der Waals surface area contributed by atoms with E-state index in [0.29, 0.717) is 5.92 Å². The zero-order valence-corrected chi connectivity index (χ0v) is 13.6. The maximum atomic E-state index is 12.9. The Morgan fingerprint density at radius 2 is 2.23 bits per heavy atom. The highest BCUT2D eigenvalue weighted by molar-refractivity contribution is 5.84. The topological polar surface area (TPSA) is 59.0 Å². The van der Waals surface area contributed by atoms with Crippen molar-refractivity contribution in [3.8, 4) is 0 Å². The minimum absolute atomic E-state index is 0.149. The number of aromatic nitrogens is 2. The van der Waals surface area contributed by atoms with Crippen LogP contribution in [0.2, 0.25) is 0 Å². The third-order valence-corrected chi connectivity index (χ3v) is 5.39. The van der Waals surface area contributed by atoms with E-state index in [1.54, 1.807) is 6.20 Å². The van der Waals surface area contributed by atoms with Crippen molar-refractivity contribution >= 4 is 5.91 Å². The zero-order chi connectivity index (χ0) is 15.4. The Labute approximate surface area is 132 Å². The number of rotatable bonds is 4. The summed E-state index contributed by atoms with van der Waals surface area (Å²) in [4.78, 5) is 12.9. The van der Waals surface area contributed by atoms with Crippen LogP contribution in [0.1, 0.15) is 45.4 Å². The van der Waals surface area contributed by atoms with E-state index >= 15 is 0 Å². The van der Waals surface area contributed by atoms with E-state index in [9.17, 15) is 4.79 Å². The van der Waals surface area contributed by atoms with E-state index in [2.05, 4.69) is 22.7 Å². The van der Waals surface area contributed by atoms with Crippen LogP contribution in [0.25, 0.3) is 0 Å². The smallest absolute Gasteiger partial charge is 0.248 e. The van der Waals surface area contributed by atoms with E-state index in [-0.39, 0.29) is 5.91 Å². The van der Waals surface area contributed by atoms with Gasteiger partial charge in [-0.2, -0.15) is 5.10 Å². The summed E-state index contributed by atoms with van der Waals surface area (Å²) in [5.41, 5.74) is -0.505. The van der Waals surface area contributed by atoms with Gasteiger partial charge in [0.25, 0.3) is 0 Å². The minimum Gasteiger partial charge on any atom is -0.354 e. The summed E-state index contributed by atoms with van der Waals surface area (Å²) < 4.78 is 1.87. The van der Waals surface area contributed by atoms with Gasteiger partial charge in [0.1, 0.15) is 5.54 Å². The standard InChI is InChI=1S/C17H28N4O/c1-14-4-2-5-15(12-14)13-19-16(22)17(6-9-18-10-7-17)21-11-3-8-20-21/h3,8,11,14-15,18H,2,4-7,9-10,12-13H2,1H3,(H,19,22). The van der Waals surface area contributed by atoms with Gasteiger partial charge in [0.15, 0.2) is 0 Å². The van der Waals surface area contributed by atoms with Crippen LogP contribution >= 0.6 is 0 Å². The molecule has 2 heterocycles. The number of carbonyl (C=O) groups excluding carboxylic acids is 1. The molecule has 2 atom stereocenters. The Kier molecular flexibility index (Phi) is 4.81. The predicted molar refractivity (Wildman–Crippen MR) is 86.4 cm³/mol. The average Bonchev–Trinajstić information content (AvgIpc) is 3.08. The van der Waals surface area contributed by atoms with Crippen molar-refractivity contribution in [2.45, 2.75) is 51.0 Å². The molecule has 122 valence electrons. The van der Waals surface area contributed by atoms with Gasteiger partial charge in [0.05, 0.1) is 0 Å². The fourth-order valence-electron chi connectivity index (χ4n) is 4.07. The van der Waals surface area contributed by atoms with Gasteiger partial charge < -0.3 is 10.6 Å². The molecule has 1 aromatic heterocycles. The lowest BCUT2D eigenvalue weighted by Crippen LogP contribution is -2.55. The Balaban J connectivity index is 1.65. The van der Waals surface area contributed by atoms with Crippen LogP contribution in [0.15, 0.2) is 18.5 Å². The summed E-state index contributed by atoms with van der Waals surface area (Å²) in [6.07, 6.45) is 10.4. The summed E-state index contributed by atoms with van der Waals surface area (Å²) in [6, 6.07) is 1.90. The van der Waals surface area contributed by atoms with Crippen molar-refractivity contribution in [3.63, 3.8) is 0 Å². The van der Waals surface area contributed by atoms with Gasteiger partial charge in [-0.05, 0) is 56.7 Å². The van der Waals surface area contributed by atoms with Gasteiger partial charge >= 0.3 is 0 Å². The lowest BCUT2D eigenvalue weighted by atomic mass is 9.82. The molecule has 1 aliphatic carbocycles. The number of hydrogen-bond acceptors (Lipinski definition) is 3. The van der Waals surface area contributed by atoms with E-state index in [1.165, 1.54) is 25.7 Å². The molecule has 0 radical (unpaired) electrons.